The summed E-state index contributed by atoms with van der Waals surface area (Å²) in [5.41, 5.74) is 3.48. The first-order valence-corrected chi connectivity index (χ1v) is 11.0. The fourth-order valence-corrected chi connectivity index (χ4v) is 4.26. The zero-order valence-corrected chi connectivity index (χ0v) is 20.0. The minimum absolute atomic E-state index is 0.200. The standard InChI is InChI=1S/C25H29N3O6/c1-6-34-16-9-7-15(8-10-16)22-21-23(27-26-22)25(29)28(14-20(32-4)33-5)24(21)18-13-17(30-2)11-12-19(18)31-3/h7-13,20,24H,6,14H2,1-5H3,(H,26,27). The summed E-state index contributed by atoms with van der Waals surface area (Å²) in [6.07, 6.45) is -0.603. The quantitative estimate of drug-likeness (QED) is 0.455. The highest BCUT2D eigenvalue weighted by Gasteiger charge is 2.44. The molecule has 1 aliphatic rings. The predicted molar refractivity (Wildman–Crippen MR) is 125 cm³/mol. The summed E-state index contributed by atoms with van der Waals surface area (Å²) in [6.45, 7) is 2.73. The Morgan fingerprint density at radius 3 is 2.32 bits per heavy atom. The summed E-state index contributed by atoms with van der Waals surface area (Å²) < 4.78 is 27.5. The third kappa shape index (κ3) is 4.20. The molecule has 34 heavy (non-hydrogen) atoms. The molecule has 0 spiro atoms. The topological polar surface area (TPSA) is 95.1 Å². The van der Waals surface area contributed by atoms with Crippen molar-refractivity contribution in [3.8, 4) is 28.5 Å². The first-order chi connectivity index (χ1) is 16.6. The van der Waals surface area contributed by atoms with Crippen molar-refractivity contribution in [2.24, 2.45) is 0 Å². The van der Waals surface area contributed by atoms with E-state index in [1.54, 1.807) is 33.3 Å². The van der Waals surface area contributed by atoms with Gasteiger partial charge in [-0.05, 0) is 49.4 Å². The summed E-state index contributed by atoms with van der Waals surface area (Å²) >= 11 is 0. The summed E-state index contributed by atoms with van der Waals surface area (Å²) in [5, 5.41) is 7.47. The lowest BCUT2D eigenvalue weighted by atomic mass is 9.95. The molecular formula is C25H29N3O6. The van der Waals surface area contributed by atoms with Crippen LogP contribution in [-0.2, 0) is 9.47 Å². The molecule has 3 aromatic rings. The van der Waals surface area contributed by atoms with E-state index in [0.717, 1.165) is 22.4 Å². The Hall–Kier alpha value is -3.56. The minimum Gasteiger partial charge on any atom is -0.497 e. The summed E-state index contributed by atoms with van der Waals surface area (Å²) in [7, 11) is 6.29. The maximum Gasteiger partial charge on any atom is 0.273 e. The Bertz CT molecular complexity index is 1140. The third-order valence-electron chi connectivity index (χ3n) is 5.91. The largest absolute Gasteiger partial charge is 0.497 e. The Balaban J connectivity index is 1.87. The number of benzene rings is 2. The van der Waals surface area contributed by atoms with E-state index in [0.29, 0.717) is 29.5 Å². The lowest BCUT2D eigenvalue weighted by Gasteiger charge is -2.30. The molecule has 0 aliphatic carbocycles. The van der Waals surface area contributed by atoms with Crippen LogP contribution in [0.2, 0.25) is 0 Å². The van der Waals surface area contributed by atoms with Crippen LogP contribution in [0.4, 0.5) is 0 Å². The molecule has 1 N–H and O–H groups in total. The summed E-state index contributed by atoms with van der Waals surface area (Å²) in [4.78, 5) is 15.2. The molecule has 1 aromatic heterocycles. The van der Waals surface area contributed by atoms with Crippen molar-refractivity contribution in [1.29, 1.82) is 0 Å². The number of H-pyrrole nitrogens is 1. The zero-order valence-electron chi connectivity index (χ0n) is 20.0. The van der Waals surface area contributed by atoms with Gasteiger partial charge in [-0.2, -0.15) is 5.10 Å². The van der Waals surface area contributed by atoms with Gasteiger partial charge in [0, 0.05) is 30.9 Å². The molecule has 0 saturated carbocycles. The number of nitrogens with one attached hydrogen (secondary N) is 1. The van der Waals surface area contributed by atoms with E-state index in [9.17, 15) is 4.79 Å². The van der Waals surface area contributed by atoms with Gasteiger partial charge in [-0.3, -0.25) is 9.89 Å². The first-order valence-electron chi connectivity index (χ1n) is 11.0. The predicted octanol–water partition coefficient (Wildman–Crippen LogP) is 3.66. The van der Waals surface area contributed by atoms with E-state index in [1.807, 2.05) is 49.4 Å². The number of aromatic amines is 1. The van der Waals surface area contributed by atoms with Crippen LogP contribution in [0.3, 0.4) is 0 Å². The maximum absolute atomic E-state index is 13.5. The monoisotopic (exact) mass is 467 g/mol. The number of amides is 1. The second kappa shape index (κ2) is 10.1. The Kier molecular flexibility index (Phi) is 7.04. The van der Waals surface area contributed by atoms with Crippen molar-refractivity contribution in [2.45, 2.75) is 19.3 Å². The number of ether oxygens (including phenoxy) is 5. The van der Waals surface area contributed by atoms with Gasteiger partial charge >= 0.3 is 0 Å². The molecule has 4 rings (SSSR count). The number of carbonyl (C=O) groups excluding carboxylic acids is 1. The first kappa shape index (κ1) is 23.6. The molecule has 1 aliphatic heterocycles. The Morgan fingerprint density at radius 2 is 1.71 bits per heavy atom. The third-order valence-corrected chi connectivity index (χ3v) is 5.91. The van der Waals surface area contributed by atoms with Crippen molar-refractivity contribution < 1.29 is 28.5 Å². The SMILES string of the molecule is CCOc1ccc(-c2n[nH]c3c2C(c2cc(OC)ccc2OC)N(CC(OC)OC)C3=O)cc1. The Morgan fingerprint density at radius 1 is 1.00 bits per heavy atom. The minimum atomic E-state index is -0.603. The van der Waals surface area contributed by atoms with Crippen LogP contribution in [0.5, 0.6) is 17.2 Å². The maximum atomic E-state index is 13.5. The number of rotatable bonds is 10. The van der Waals surface area contributed by atoms with Crippen LogP contribution in [0.25, 0.3) is 11.3 Å². The molecule has 9 nitrogen and oxygen atoms in total. The van der Waals surface area contributed by atoms with E-state index < -0.39 is 12.3 Å². The number of nitrogens with zero attached hydrogens (tertiary/aromatic N) is 2. The normalized spacial score (nSPS) is 15.1. The average Bonchev–Trinajstić information content (AvgIpc) is 3.41. The van der Waals surface area contributed by atoms with Gasteiger partial charge in [0.15, 0.2) is 6.29 Å². The lowest BCUT2D eigenvalue weighted by molar-refractivity contribution is -0.113. The van der Waals surface area contributed by atoms with Crippen LogP contribution in [0, 0.1) is 0 Å². The summed E-state index contributed by atoms with van der Waals surface area (Å²) in [5.74, 6) is 1.85. The molecule has 0 saturated heterocycles. The van der Waals surface area contributed by atoms with E-state index in [4.69, 9.17) is 23.7 Å². The van der Waals surface area contributed by atoms with Crippen LogP contribution >= 0.6 is 0 Å². The van der Waals surface area contributed by atoms with Crippen molar-refractivity contribution in [2.75, 3.05) is 41.6 Å². The highest BCUT2D eigenvalue weighted by molar-refractivity contribution is 6.00. The number of aromatic nitrogens is 2. The van der Waals surface area contributed by atoms with E-state index >= 15 is 0 Å². The van der Waals surface area contributed by atoms with E-state index in [-0.39, 0.29) is 12.5 Å². The van der Waals surface area contributed by atoms with Crippen LogP contribution < -0.4 is 14.2 Å². The van der Waals surface area contributed by atoms with E-state index in [1.165, 1.54) is 0 Å². The van der Waals surface area contributed by atoms with Crippen LogP contribution in [-0.4, -0.2) is 68.9 Å². The molecule has 0 radical (unpaired) electrons. The van der Waals surface area contributed by atoms with Crippen LogP contribution in [0.15, 0.2) is 42.5 Å². The number of fused-ring (bicyclic) bond motifs is 1. The zero-order chi connectivity index (χ0) is 24.2. The molecule has 2 aromatic carbocycles. The highest BCUT2D eigenvalue weighted by atomic mass is 16.7. The van der Waals surface area contributed by atoms with Crippen molar-refractivity contribution in [1.82, 2.24) is 15.1 Å². The van der Waals surface area contributed by atoms with Crippen molar-refractivity contribution >= 4 is 5.91 Å². The van der Waals surface area contributed by atoms with Crippen LogP contribution in [0.1, 0.15) is 34.6 Å². The average molecular weight is 468 g/mol. The molecule has 0 bridgehead atoms. The molecule has 180 valence electrons. The Labute approximate surface area is 198 Å². The van der Waals surface area contributed by atoms with Gasteiger partial charge in [0.25, 0.3) is 5.91 Å². The molecular weight excluding hydrogens is 438 g/mol. The molecule has 0 fully saturated rings. The number of carbonyl (C=O) groups is 1. The van der Waals surface area contributed by atoms with Gasteiger partial charge < -0.3 is 28.6 Å². The fourth-order valence-electron chi connectivity index (χ4n) is 4.26. The molecule has 1 amide bonds. The second-order valence-electron chi connectivity index (χ2n) is 7.69. The number of methoxy groups -OCH3 is 4. The summed E-state index contributed by atoms with van der Waals surface area (Å²) in [6, 6.07) is 12.7. The van der Waals surface area contributed by atoms with Crippen molar-refractivity contribution in [3.63, 3.8) is 0 Å². The molecule has 2 heterocycles. The number of hydrogen-bond acceptors (Lipinski definition) is 7. The van der Waals surface area contributed by atoms with E-state index in [2.05, 4.69) is 10.2 Å². The number of hydrogen-bond donors (Lipinski definition) is 1. The molecule has 9 heteroatoms. The molecule has 1 unspecified atom stereocenters. The van der Waals surface area contributed by atoms with Gasteiger partial charge in [0.1, 0.15) is 22.9 Å². The van der Waals surface area contributed by atoms with Gasteiger partial charge in [-0.15, -0.1) is 0 Å². The second-order valence-corrected chi connectivity index (χ2v) is 7.69. The highest BCUT2D eigenvalue weighted by Crippen LogP contribution is 2.46. The van der Waals surface area contributed by atoms with Gasteiger partial charge in [-0.25, -0.2) is 0 Å². The molecule has 1 atom stereocenters. The fraction of sp³-hybridized carbons (Fsp3) is 0.360. The smallest absolute Gasteiger partial charge is 0.273 e. The van der Waals surface area contributed by atoms with Gasteiger partial charge in [0.2, 0.25) is 0 Å². The van der Waals surface area contributed by atoms with Gasteiger partial charge in [-0.1, -0.05) is 0 Å². The van der Waals surface area contributed by atoms with Gasteiger partial charge in [0.05, 0.1) is 39.1 Å². The van der Waals surface area contributed by atoms with Crippen molar-refractivity contribution in [3.05, 3.63) is 59.3 Å². The lowest BCUT2D eigenvalue weighted by Crippen LogP contribution is -2.38.